The molecule has 2 aromatic carbocycles. The van der Waals surface area contributed by atoms with Gasteiger partial charge in [-0.2, -0.15) is 4.39 Å². The van der Waals surface area contributed by atoms with Crippen molar-refractivity contribution < 1.29 is 23.4 Å². The topological polar surface area (TPSA) is 70.6 Å². The minimum atomic E-state index is -1.05. The van der Waals surface area contributed by atoms with Crippen molar-refractivity contribution >= 4 is 11.7 Å². The number of aliphatic hydroxyl groups is 1. The van der Waals surface area contributed by atoms with Crippen LogP contribution in [0.5, 0.6) is 5.75 Å². The second-order valence-corrected chi connectivity index (χ2v) is 8.00. The number of hydrogen-bond donors (Lipinski definition) is 3. The van der Waals surface area contributed by atoms with Crippen LogP contribution in [-0.4, -0.2) is 22.8 Å². The van der Waals surface area contributed by atoms with Crippen molar-refractivity contribution in [3.8, 4) is 5.75 Å². The Balaban J connectivity index is 1.56. The molecule has 0 bridgehead atoms. The van der Waals surface area contributed by atoms with E-state index in [1.807, 2.05) is 12.1 Å². The summed E-state index contributed by atoms with van der Waals surface area (Å²) in [4.78, 5) is 12.6. The lowest BCUT2D eigenvalue weighted by Crippen LogP contribution is -2.43. The Labute approximate surface area is 161 Å². The van der Waals surface area contributed by atoms with Crippen LogP contribution in [-0.2, 0) is 12.8 Å². The van der Waals surface area contributed by atoms with Crippen LogP contribution in [0.2, 0.25) is 0 Å². The number of nitrogens with one attached hydrogen (secondary N) is 2. The third-order valence-corrected chi connectivity index (χ3v) is 5.25. The molecular formula is C21H22F2N2O3. The first-order chi connectivity index (χ1) is 13.2. The molecule has 0 unspecified atom stereocenters. The normalized spacial score (nSPS) is 22.0. The highest BCUT2D eigenvalue weighted by Crippen LogP contribution is 2.41. The molecule has 1 aliphatic carbocycles. The highest BCUT2D eigenvalue weighted by atomic mass is 19.2. The molecule has 1 aliphatic heterocycles. The standard InChI is InChI=1S/C21H22F2N2O3/c1-21(2)10-17(13-6-7-15(22)18(23)19(13)28-21)25-20(27)24-16-5-3-4-11-8-12(26)9-14(11)16/h3-7,12,17,26H,8-10H2,1-2H3,(H2,24,25,27)/t12-,17+/m0/s1. The van der Waals surface area contributed by atoms with Gasteiger partial charge in [0.05, 0.1) is 12.1 Å². The highest BCUT2D eigenvalue weighted by Gasteiger charge is 2.37. The summed E-state index contributed by atoms with van der Waals surface area (Å²) in [6.07, 6.45) is 1.02. The molecule has 0 saturated carbocycles. The molecule has 5 nitrogen and oxygen atoms in total. The van der Waals surface area contributed by atoms with Gasteiger partial charge in [0, 0.05) is 24.1 Å². The van der Waals surface area contributed by atoms with E-state index >= 15 is 0 Å². The lowest BCUT2D eigenvalue weighted by Gasteiger charge is -2.38. The average molecular weight is 388 g/mol. The van der Waals surface area contributed by atoms with E-state index in [0.29, 0.717) is 30.5 Å². The fourth-order valence-electron chi connectivity index (χ4n) is 4.04. The second-order valence-electron chi connectivity index (χ2n) is 8.00. The largest absolute Gasteiger partial charge is 0.484 e. The van der Waals surface area contributed by atoms with Gasteiger partial charge in [-0.25, -0.2) is 9.18 Å². The fourth-order valence-corrected chi connectivity index (χ4v) is 4.04. The number of halogens is 2. The Morgan fingerprint density at radius 3 is 2.79 bits per heavy atom. The monoisotopic (exact) mass is 388 g/mol. The Morgan fingerprint density at radius 2 is 2.00 bits per heavy atom. The van der Waals surface area contributed by atoms with Crippen LogP contribution >= 0.6 is 0 Å². The summed E-state index contributed by atoms with van der Waals surface area (Å²) in [5.74, 6) is -2.20. The molecule has 4 rings (SSSR count). The molecular weight excluding hydrogens is 366 g/mol. The van der Waals surface area contributed by atoms with Crippen molar-refractivity contribution in [1.82, 2.24) is 5.32 Å². The number of urea groups is 1. The van der Waals surface area contributed by atoms with Gasteiger partial charge in [0.25, 0.3) is 0 Å². The lowest BCUT2D eigenvalue weighted by atomic mass is 9.89. The zero-order valence-corrected chi connectivity index (χ0v) is 15.7. The molecule has 2 aliphatic rings. The van der Waals surface area contributed by atoms with Crippen LogP contribution < -0.4 is 15.4 Å². The molecule has 1 heterocycles. The number of carbonyl (C=O) groups excluding carboxylic acids is 1. The quantitative estimate of drug-likeness (QED) is 0.732. The second kappa shape index (κ2) is 6.74. The SMILES string of the molecule is CC1(C)C[C@@H](NC(=O)Nc2cccc3c2C[C@@H](O)C3)c2ccc(F)c(F)c2O1. The van der Waals surface area contributed by atoms with Gasteiger partial charge in [0.15, 0.2) is 11.6 Å². The summed E-state index contributed by atoms with van der Waals surface area (Å²) < 4.78 is 33.5. The summed E-state index contributed by atoms with van der Waals surface area (Å²) in [6, 6.07) is 7.04. The molecule has 0 fully saturated rings. The van der Waals surface area contributed by atoms with E-state index in [0.717, 1.165) is 17.2 Å². The van der Waals surface area contributed by atoms with Gasteiger partial charge < -0.3 is 20.5 Å². The zero-order chi connectivity index (χ0) is 20.1. The van der Waals surface area contributed by atoms with Gasteiger partial charge in [-0.05, 0) is 43.5 Å². The Bertz CT molecular complexity index is 945. The predicted molar refractivity (Wildman–Crippen MR) is 100 cm³/mol. The molecule has 148 valence electrons. The first-order valence-electron chi connectivity index (χ1n) is 9.27. The lowest BCUT2D eigenvalue weighted by molar-refractivity contribution is 0.0619. The Morgan fingerprint density at radius 1 is 1.21 bits per heavy atom. The molecule has 2 aromatic rings. The Kier molecular flexibility index (Phi) is 4.50. The minimum absolute atomic E-state index is 0.162. The first kappa shape index (κ1) is 18.7. The number of fused-ring (bicyclic) bond motifs is 2. The van der Waals surface area contributed by atoms with E-state index in [-0.39, 0.29) is 5.75 Å². The summed E-state index contributed by atoms with van der Waals surface area (Å²) in [6.45, 7) is 3.52. The molecule has 7 heteroatoms. The fraction of sp³-hybridized carbons (Fsp3) is 0.381. The van der Waals surface area contributed by atoms with Crippen molar-refractivity contribution in [3.63, 3.8) is 0 Å². The van der Waals surface area contributed by atoms with E-state index in [9.17, 15) is 18.7 Å². The van der Waals surface area contributed by atoms with Crippen LogP contribution in [0.1, 0.15) is 43.0 Å². The van der Waals surface area contributed by atoms with Crippen molar-refractivity contribution in [2.45, 2.75) is 50.9 Å². The Hall–Kier alpha value is -2.67. The number of anilines is 1. The third-order valence-electron chi connectivity index (χ3n) is 5.25. The number of hydrogen-bond acceptors (Lipinski definition) is 3. The van der Waals surface area contributed by atoms with Crippen molar-refractivity contribution in [2.24, 2.45) is 0 Å². The van der Waals surface area contributed by atoms with Gasteiger partial charge >= 0.3 is 6.03 Å². The summed E-state index contributed by atoms with van der Waals surface area (Å²) >= 11 is 0. The minimum Gasteiger partial charge on any atom is -0.484 e. The molecule has 0 spiro atoms. The number of aliphatic hydroxyl groups excluding tert-OH is 1. The highest BCUT2D eigenvalue weighted by molar-refractivity contribution is 5.90. The molecule has 0 radical (unpaired) electrons. The number of benzene rings is 2. The van der Waals surface area contributed by atoms with E-state index in [1.165, 1.54) is 6.07 Å². The predicted octanol–water partition coefficient (Wildman–Crippen LogP) is 3.85. The molecule has 0 aromatic heterocycles. The van der Waals surface area contributed by atoms with E-state index in [1.54, 1.807) is 19.9 Å². The van der Waals surface area contributed by atoms with Crippen molar-refractivity contribution in [1.29, 1.82) is 0 Å². The van der Waals surface area contributed by atoms with Crippen LogP contribution in [0.15, 0.2) is 30.3 Å². The number of carbonyl (C=O) groups is 1. The molecule has 28 heavy (non-hydrogen) atoms. The molecule has 2 amide bonds. The van der Waals surface area contributed by atoms with Crippen LogP contribution in [0.25, 0.3) is 0 Å². The van der Waals surface area contributed by atoms with Gasteiger partial charge in [0.1, 0.15) is 5.60 Å². The van der Waals surface area contributed by atoms with Gasteiger partial charge in [-0.15, -0.1) is 0 Å². The maximum Gasteiger partial charge on any atom is 0.319 e. The van der Waals surface area contributed by atoms with E-state index in [2.05, 4.69) is 10.6 Å². The van der Waals surface area contributed by atoms with Crippen molar-refractivity contribution in [3.05, 3.63) is 58.7 Å². The molecule has 2 atom stereocenters. The van der Waals surface area contributed by atoms with Gasteiger partial charge in [0.2, 0.25) is 5.82 Å². The van der Waals surface area contributed by atoms with Crippen LogP contribution in [0.3, 0.4) is 0 Å². The maximum absolute atomic E-state index is 14.2. The van der Waals surface area contributed by atoms with E-state index < -0.39 is 35.4 Å². The summed E-state index contributed by atoms with van der Waals surface area (Å²) in [7, 11) is 0. The first-order valence-corrected chi connectivity index (χ1v) is 9.27. The third kappa shape index (κ3) is 3.42. The number of amides is 2. The van der Waals surface area contributed by atoms with Crippen LogP contribution in [0.4, 0.5) is 19.3 Å². The summed E-state index contributed by atoms with van der Waals surface area (Å²) in [5, 5.41) is 15.5. The zero-order valence-electron chi connectivity index (χ0n) is 15.7. The van der Waals surface area contributed by atoms with Crippen molar-refractivity contribution in [2.75, 3.05) is 5.32 Å². The number of ether oxygens (including phenoxy) is 1. The smallest absolute Gasteiger partial charge is 0.319 e. The van der Waals surface area contributed by atoms with Gasteiger partial charge in [-0.3, -0.25) is 0 Å². The van der Waals surface area contributed by atoms with E-state index in [4.69, 9.17) is 4.74 Å². The van der Waals surface area contributed by atoms with Gasteiger partial charge in [-0.1, -0.05) is 18.2 Å². The molecule has 0 saturated heterocycles. The van der Waals surface area contributed by atoms with Crippen LogP contribution in [0, 0.1) is 11.6 Å². The maximum atomic E-state index is 14.2. The molecule has 3 N–H and O–H groups in total. The average Bonchev–Trinajstić information content (AvgIpc) is 2.99. The summed E-state index contributed by atoms with van der Waals surface area (Å²) in [5.41, 5.74) is 2.22. The number of rotatable bonds is 2.